The zero-order chi connectivity index (χ0) is 16.4. The van der Waals surface area contributed by atoms with E-state index < -0.39 is 0 Å². The maximum Gasteiger partial charge on any atom is 0.136 e. The van der Waals surface area contributed by atoms with Crippen molar-refractivity contribution in [2.24, 2.45) is 4.99 Å². The lowest BCUT2D eigenvalue weighted by molar-refractivity contribution is 0.216. The fourth-order valence-electron chi connectivity index (χ4n) is 3.39. The fraction of sp³-hybridized carbons (Fsp3) is 0.286. The minimum absolute atomic E-state index is 0. The van der Waals surface area contributed by atoms with Crippen molar-refractivity contribution in [3.63, 3.8) is 0 Å². The van der Waals surface area contributed by atoms with Gasteiger partial charge in [0.25, 0.3) is 0 Å². The van der Waals surface area contributed by atoms with E-state index in [2.05, 4.69) is 77.5 Å². The molecule has 4 rings (SSSR count). The Morgan fingerprint density at radius 2 is 1.46 bits per heavy atom. The molecule has 2 aromatic rings. The third-order valence-electron chi connectivity index (χ3n) is 4.87. The number of hydrogen-bond donors (Lipinski definition) is 0. The molecular weight excluding hydrogens is 365 g/mol. The van der Waals surface area contributed by atoms with Gasteiger partial charge in [-0.3, -0.25) is 0 Å². The highest BCUT2D eigenvalue weighted by Crippen LogP contribution is 2.29. The van der Waals surface area contributed by atoms with Gasteiger partial charge < -0.3 is 9.80 Å². The average molecular weight is 390 g/mol. The Morgan fingerprint density at radius 1 is 0.808 bits per heavy atom. The van der Waals surface area contributed by atoms with Crippen LogP contribution in [-0.2, 0) is 6.42 Å². The Morgan fingerprint density at radius 3 is 2.19 bits per heavy atom. The van der Waals surface area contributed by atoms with Gasteiger partial charge in [-0.1, -0.05) is 54.6 Å². The van der Waals surface area contributed by atoms with E-state index in [-0.39, 0.29) is 24.8 Å². The van der Waals surface area contributed by atoms with E-state index in [1.807, 2.05) is 0 Å². The monoisotopic (exact) mass is 389 g/mol. The molecule has 0 radical (unpaired) electrons. The molecule has 0 bridgehead atoms. The minimum Gasteiger partial charge on any atom is -0.354 e. The average Bonchev–Trinajstić information content (AvgIpc) is 2.83. The van der Waals surface area contributed by atoms with Gasteiger partial charge in [-0.15, -0.1) is 24.8 Å². The van der Waals surface area contributed by atoms with Gasteiger partial charge in [0.05, 0.1) is 5.69 Å². The van der Waals surface area contributed by atoms with Gasteiger partial charge in [0.1, 0.15) is 5.84 Å². The molecule has 138 valence electrons. The predicted octanol–water partition coefficient (Wildman–Crippen LogP) is 4.45. The van der Waals surface area contributed by atoms with E-state index >= 15 is 0 Å². The first kappa shape index (κ1) is 20.5. The van der Waals surface area contributed by atoms with E-state index in [9.17, 15) is 0 Å². The molecule has 0 amide bonds. The number of nitrogens with zero attached hydrogens (tertiary/aromatic N) is 3. The number of aliphatic imine (C=N–C) groups is 1. The second-order valence-electron chi connectivity index (χ2n) is 6.54. The zero-order valence-corrected chi connectivity index (χ0v) is 16.6. The summed E-state index contributed by atoms with van der Waals surface area (Å²) >= 11 is 0. The van der Waals surface area contributed by atoms with Crippen molar-refractivity contribution in [3.05, 3.63) is 71.8 Å². The highest BCUT2D eigenvalue weighted by atomic mass is 35.5. The third-order valence-corrected chi connectivity index (χ3v) is 4.87. The maximum absolute atomic E-state index is 5.10. The van der Waals surface area contributed by atoms with Crippen molar-refractivity contribution in [1.29, 1.82) is 0 Å². The summed E-state index contributed by atoms with van der Waals surface area (Å²) in [5, 5.41) is 0. The molecule has 0 N–H and O–H groups in total. The van der Waals surface area contributed by atoms with E-state index in [0.29, 0.717) is 0 Å². The first-order valence-electron chi connectivity index (χ1n) is 8.67. The van der Waals surface area contributed by atoms with Crippen LogP contribution in [0.15, 0.2) is 65.7 Å². The van der Waals surface area contributed by atoms with Crippen molar-refractivity contribution < 1.29 is 0 Å². The summed E-state index contributed by atoms with van der Waals surface area (Å²) in [4.78, 5) is 9.93. The molecule has 2 aromatic carbocycles. The zero-order valence-electron chi connectivity index (χ0n) is 15.0. The topological polar surface area (TPSA) is 18.8 Å². The molecule has 0 saturated carbocycles. The van der Waals surface area contributed by atoms with Crippen molar-refractivity contribution >= 4 is 41.9 Å². The SMILES string of the molecule is CN1CCN(C2=Nc3ccccc3CC=C2c2ccccc2)CC1.Cl.Cl. The summed E-state index contributed by atoms with van der Waals surface area (Å²) in [6, 6.07) is 19.2. The van der Waals surface area contributed by atoms with Crippen LogP contribution in [0.5, 0.6) is 0 Å². The molecular formula is C21H25Cl2N3. The Hall–Kier alpha value is -1.81. The number of halogens is 2. The molecule has 2 aliphatic rings. The van der Waals surface area contributed by atoms with Crippen LogP contribution in [0.2, 0.25) is 0 Å². The summed E-state index contributed by atoms with van der Waals surface area (Å²) < 4.78 is 0. The minimum atomic E-state index is 0. The standard InChI is InChI=1S/C21H23N3.2ClH/c1-23-13-15-24(16-14-23)21-19(17-7-3-2-4-8-17)12-11-18-9-5-6-10-20(18)22-21;;/h2-10,12H,11,13-16H2,1H3;2*1H. The fourth-order valence-corrected chi connectivity index (χ4v) is 3.39. The van der Waals surface area contributed by atoms with E-state index in [1.54, 1.807) is 0 Å². The van der Waals surface area contributed by atoms with E-state index in [4.69, 9.17) is 4.99 Å². The summed E-state index contributed by atoms with van der Waals surface area (Å²) in [6.07, 6.45) is 3.28. The summed E-state index contributed by atoms with van der Waals surface area (Å²) in [5.74, 6) is 1.12. The van der Waals surface area contributed by atoms with Crippen LogP contribution in [0.3, 0.4) is 0 Å². The molecule has 1 saturated heterocycles. The Labute approximate surface area is 168 Å². The molecule has 1 fully saturated rings. The van der Waals surface area contributed by atoms with Crippen LogP contribution in [-0.4, -0.2) is 48.9 Å². The largest absolute Gasteiger partial charge is 0.354 e. The van der Waals surface area contributed by atoms with Crippen molar-refractivity contribution in [1.82, 2.24) is 9.80 Å². The molecule has 0 aromatic heterocycles. The summed E-state index contributed by atoms with van der Waals surface area (Å²) in [5.41, 5.74) is 4.92. The highest BCUT2D eigenvalue weighted by molar-refractivity contribution is 6.23. The Bertz CT molecular complexity index is 779. The van der Waals surface area contributed by atoms with E-state index in [0.717, 1.165) is 44.1 Å². The van der Waals surface area contributed by atoms with Gasteiger partial charge >= 0.3 is 0 Å². The van der Waals surface area contributed by atoms with Crippen molar-refractivity contribution in [3.8, 4) is 0 Å². The predicted molar refractivity (Wildman–Crippen MR) is 115 cm³/mol. The molecule has 0 aliphatic carbocycles. The van der Waals surface area contributed by atoms with Crippen molar-refractivity contribution in [2.75, 3.05) is 33.2 Å². The van der Waals surface area contributed by atoms with Crippen LogP contribution in [0, 0.1) is 0 Å². The summed E-state index contributed by atoms with van der Waals surface area (Å²) in [7, 11) is 2.19. The number of fused-ring (bicyclic) bond motifs is 1. The second kappa shape index (κ2) is 9.22. The number of amidine groups is 1. The van der Waals surface area contributed by atoms with Crippen LogP contribution >= 0.6 is 24.8 Å². The Balaban J connectivity index is 0.00000121. The molecule has 26 heavy (non-hydrogen) atoms. The molecule has 0 unspecified atom stereocenters. The Kier molecular flexibility index (Phi) is 7.27. The van der Waals surface area contributed by atoms with Gasteiger partial charge in [-0.25, -0.2) is 4.99 Å². The molecule has 0 atom stereocenters. The number of para-hydroxylation sites is 1. The van der Waals surface area contributed by atoms with Crippen LogP contribution in [0.1, 0.15) is 11.1 Å². The first-order chi connectivity index (χ1) is 11.8. The normalized spacial score (nSPS) is 17.0. The number of piperazine rings is 1. The van der Waals surface area contributed by atoms with Crippen LogP contribution < -0.4 is 0 Å². The van der Waals surface area contributed by atoms with Crippen LogP contribution in [0.25, 0.3) is 5.57 Å². The quantitative estimate of drug-likeness (QED) is 0.717. The molecule has 3 nitrogen and oxygen atoms in total. The smallest absolute Gasteiger partial charge is 0.136 e. The molecule has 2 heterocycles. The second-order valence-corrected chi connectivity index (χ2v) is 6.54. The number of hydrogen-bond acceptors (Lipinski definition) is 3. The van der Waals surface area contributed by atoms with Crippen LogP contribution in [0.4, 0.5) is 5.69 Å². The van der Waals surface area contributed by atoms with Gasteiger partial charge in [0.2, 0.25) is 0 Å². The number of allylic oxidation sites excluding steroid dienone is 1. The lowest BCUT2D eigenvalue weighted by Crippen LogP contribution is -2.47. The van der Waals surface area contributed by atoms with Gasteiger partial charge in [0, 0.05) is 31.8 Å². The van der Waals surface area contributed by atoms with Gasteiger partial charge in [-0.2, -0.15) is 0 Å². The van der Waals surface area contributed by atoms with E-state index in [1.165, 1.54) is 16.7 Å². The number of likely N-dealkylation sites (N-methyl/N-ethyl adjacent to an activating group) is 1. The van der Waals surface area contributed by atoms with Gasteiger partial charge in [0.15, 0.2) is 0 Å². The van der Waals surface area contributed by atoms with Gasteiger partial charge in [-0.05, 0) is 30.7 Å². The number of rotatable bonds is 1. The number of benzene rings is 2. The molecule has 2 aliphatic heterocycles. The molecule has 5 heteroatoms. The maximum atomic E-state index is 5.10. The summed E-state index contributed by atoms with van der Waals surface area (Å²) in [6.45, 7) is 4.23. The highest BCUT2D eigenvalue weighted by Gasteiger charge is 2.23. The first-order valence-corrected chi connectivity index (χ1v) is 8.67. The third kappa shape index (κ3) is 4.29. The lowest BCUT2D eigenvalue weighted by Gasteiger charge is -2.35. The molecule has 0 spiro atoms. The lowest BCUT2D eigenvalue weighted by atomic mass is 10.0. The van der Waals surface area contributed by atoms with Crippen molar-refractivity contribution in [2.45, 2.75) is 6.42 Å².